The van der Waals surface area contributed by atoms with E-state index in [1.165, 1.54) is 12.4 Å². The monoisotopic (exact) mass is 360 g/mol. The summed E-state index contributed by atoms with van der Waals surface area (Å²) in [6.45, 7) is -0.0989. The Morgan fingerprint density at radius 1 is 1.45 bits per heavy atom. The number of aliphatic hydroxyl groups is 1. The molecule has 2 N–H and O–H groups in total. The predicted octanol–water partition coefficient (Wildman–Crippen LogP) is 0.548. The van der Waals surface area contributed by atoms with Gasteiger partial charge in [-0.2, -0.15) is 0 Å². The Hall–Kier alpha value is -1.29. The first kappa shape index (κ1) is 15.1. The third-order valence-electron chi connectivity index (χ3n) is 2.69. The Labute approximate surface area is 124 Å². The maximum Gasteiger partial charge on any atom is 0.242 e. The van der Waals surface area contributed by atoms with Crippen LogP contribution in [-0.2, 0) is 30.2 Å². The number of rotatable bonds is 5. The van der Waals surface area contributed by atoms with Crippen molar-refractivity contribution in [2.24, 2.45) is 7.05 Å². The van der Waals surface area contributed by atoms with E-state index in [1.54, 1.807) is 23.7 Å². The van der Waals surface area contributed by atoms with Crippen molar-refractivity contribution in [3.8, 4) is 0 Å². The molecule has 0 bridgehead atoms. The Morgan fingerprint density at radius 3 is 2.75 bits per heavy atom. The first-order valence-corrected chi connectivity index (χ1v) is 7.93. The molecule has 2 rings (SSSR count). The number of benzene rings is 1. The van der Waals surface area contributed by atoms with E-state index >= 15 is 0 Å². The summed E-state index contributed by atoms with van der Waals surface area (Å²) in [5.74, 6) is 0.511. The molecule has 9 heteroatoms. The molecule has 0 saturated heterocycles. The lowest BCUT2D eigenvalue weighted by Crippen LogP contribution is -2.25. The van der Waals surface area contributed by atoms with Gasteiger partial charge in [0.25, 0.3) is 0 Å². The summed E-state index contributed by atoms with van der Waals surface area (Å²) in [5, 5.41) is 16.5. The van der Waals surface area contributed by atoms with E-state index < -0.39 is 10.0 Å². The molecule has 1 aromatic carbocycles. The molecule has 0 radical (unpaired) electrons. The van der Waals surface area contributed by atoms with Gasteiger partial charge in [0, 0.05) is 11.5 Å². The summed E-state index contributed by atoms with van der Waals surface area (Å²) >= 11 is 3.19. The molecule has 0 aliphatic carbocycles. The van der Waals surface area contributed by atoms with Crippen molar-refractivity contribution in [2.45, 2.75) is 18.0 Å². The van der Waals surface area contributed by atoms with Gasteiger partial charge in [0.1, 0.15) is 12.2 Å². The molecule has 1 aromatic heterocycles. The van der Waals surface area contributed by atoms with Gasteiger partial charge in [-0.1, -0.05) is 6.07 Å². The maximum absolute atomic E-state index is 12.2. The van der Waals surface area contributed by atoms with Crippen LogP contribution in [0, 0.1) is 0 Å². The second kappa shape index (κ2) is 6.00. The third kappa shape index (κ3) is 3.23. The summed E-state index contributed by atoms with van der Waals surface area (Å²) in [6, 6.07) is 4.56. The zero-order valence-corrected chi connectivity index (χ0v) is 13.0. The minimum atomic E-state index is -3.67. The quantitative estimate of drug-likeness (QED) is 0.811. The number of hydrogen-bond acceptors (Lipinski definition) is 5. The van der Waals surface area contributed by atoms with Crippen LogP contribution in [-0.4, -0.2) is 28.3 Å². The van der Waals surface area contributed by atoms with Crippen molar-refractivity contribution < 1.29 is 13.5 Å². The molecule has 0 atom stereocenters. The SMILES string of the molecule is Cn1cnnc1CNS(=O)(=O)c1ccc(CO)cc1Br. The predicted molar refractivity (Wildman–Crippen MR) is 75.1 cm³/mol. The average molecular weight is 361 g/mol. The van der Waals surface area contributed by atoms with Gasteiger partial charge in [-0.15, -0.1) is 10.2 Å². The first-order valence-electron chi connectivity index (χ1n) is 5.66. The van der Waals surface area contributed by atoms with E-state index in [2.05, 4.69) is 30.8 Å². The van der Waals surface area contributed by atoms with Crippen LogP contribution in [0.15, 0.2) is 33.9 Å². The minimum Gasteiger partial charge on any atom is -0.392 e. The molecule has 7 nitrogen and oxygen atoms in total. The molecule has 2 aromatic rings. The van der Waals surface area contributed by atoms with Crippen molar-refractivity contribution in [3.63, 3.8) is 0 Å². The number of halogens is 1. The van der Waals surface area contributed by atoms with Crippen molar-refractivity contribution >= 4 is 26.0 Å². The summed E-state index contributed by atoms with van der Waals surface area (Å²) in [5.41, 5.74) is 0.629. The number of hydrogen-bond donors (Lipinski definition) is 2. The molecule has 0 aliphatic rings. The Balaban J connectivity index is 2.20. The molecule has 108 valence electrons. The molecular weight excluding hydrogens is 348 g/mol. The number of nitrogens with one attached hydrogen (secondary N) is 1. The highest BCUT2D eigenvalue weighted by molar-refractivity contribution is 9.10. The fourth-order valence-corrected chi connectivity index (χ4v) is 3.67. The second-order valence-electron chi connectivity index (χ2n) is 4.11. The molecule has 20 heavy (non-hydrogen) atoms. The van der Waals surface area contributed by atoms with E-state index in [-0.39, 0.29) is 18.0 Å². The van der Waals surface area contributed by atoms with E-state index in [0.717, 1.165) is 0 Å². The lowest BCUT2D eigenvalue weighted by atomic mass is 10.2. The molecule has 0 spiro atoms. The van der Waals surface area contributed by atoms with Crippen molar-refractivity contribution in [2.75, 3.05) is 0 Å². The highest BCUT2D eigenvalue weighted by atomic mass is 79.9. The Kier molecular flexibility index (Phi) is 4.53. The Morgan fingerprint density at radius 2 is 2.20 bits per heavy atom. The van der Waals surface area contributed by atoms with Gasteiger partial charge in [-0.25, -0.2) is 13.1 Å². The van der Waals surface area contributed by atoms with Gasteiger partial charge in [0.15, 0.2) is 0 Å². The number of nitrogens with zero attached hydrogens (tertiary/aromatic N) is 3. The zero-order valence-electron chi connectivity index (χ0n) is 10.6. The van der Waals surface area contributed by atoms with Crippen LogP contribution in [0.4, 0.5) is 0 Å². The van der Waals surface area contributed by atoms with Gasteiger partial charge in [0.2, 0.25) is 10.0 Å². The zero-order chi connectivity index (χ0) is 14.8. The summed E-state index contributed by atoms with van der Waals surface area (Å²) in [7, 11) is -1.94. The summed E-state index contributed by atoms with van der Waals surface area (Å²) in [4.78, 5) is 0.108. The van der Waals surface area contributed by atoms with Crippen molar-refractivity contribution in [1.82, 2.24) is 19.5 Å². The fraction of sp³-hybridized carbons (Fsp3) is 0.273. The fourth-order valence-electron chi connectivity index (χ4n) is 1.57. The molecule has 0 saturated carbocycles. The normalized spacial score (nSPS) is 11.8. The lowest BCUT2D eigenvalue weighted by molar-refractivity contribution is 0.281. The summed E-state index contributed by atoms with van der Waals surface area (Å²) < 4.78 is 28.9. The van der Waals surface area contributed by atoms with Crippen molar-refractivity contribution in [3.05, 3.63) is 40.4 Å². The summed E-state index contributed by atoms with van der Waals surface area (Å²) in [6.07, 6.45) is 1.50. The maximum atomic E-state index is 12.2. The standard InChI is InChI=1S/C11H13BrN4O3S/c1-16-7-13-15-11(16)5-14-20(18,19)10-3-2-8(6-17)4-9(10)12/h2-4,7,14,17H,5-6H2,1H3. The van der Waals surface area contributed by atoms with Crippen LogP contribution < -0.4 is 4.72 Å². The van der Waals surface area contributed by atoms with Crippen LogP contribution in [0.2, 0.25) is 0 Å². The van der Waals surface area contributed by atoms with Crippen LogP contribution in [0.25, 0.3) is 0 Å². The van der Waals surface area contributed by atoms with Gasteiger partial charge in [-0.05, 0) is 33.6 Å². The first-order chi connectivity index (χ1) is 9.44. The number of aryl methyl sites for hydroxylation is 1. The van der Waals surface area contributed by atoms with Gasteiger partial charge in [-0.3, -0.25) is 0 Å². The molecule has 1 heterocycles. The van der Waals surface area contributed by atoms with Crippen LogP contribution >= 0.6 is 15.9 Å². The lowest BCUT2D eigenvalue weighted by Gasteiger charge is -2.09. The van der Waals surface area contributed by atoms with Crippen LogP contribution in [0.1, 0.15) is 11.4 Å². The van der Waals surface area contributed by atoms with Crippen LogP contribution in [0.3, 0.4) is 0 Å². The number of aliphatic hydroxyl groups excluding tert-OH is 1. The molecule has 0 unspecified atom stereocenters. The van der Waals surface area contributed by atoms with Gasteiger partial charge in [0.05, 0.1) is 18.0 Å². The topological polar surface area (TPSA) is 97.1 Å². The van der Waals surface area contributed by atoms with Crippen molar-refractivity contribution in [1.29, 1.82) is 0 Å². The van der Waals surface area contributed by atoms with E-state index in [4.69, 9.17) is 5.11 Å². The molecular formula is C11H13BrN4O3S. The van der Waals surface area contributed by atoms with Gasteiger partial charge >= 0.3 is 0 Å². The highest BCUT2D eigenvalue weighted by Gasteiger charge is 2.18. The van der Waals surface area contributed by atoms with E-state index in [9.17, 15) is 8.42 Å². The second-order valence-corrected chi connectivity index (χ2v) is 6.70. The van der Waals surface area contributed by atoms with Crippen LogP contribution in [0.5, 0.6) is 0 Å². The molecule has 0 aliphatic heterocycles. The largest absolute Gasteiger partial charge is 0.392 e. The molecule has 0 amide bonds. The third-order valence-corrected chi connectivity index (χ3v) is 5.07. The van der Waals surface area contributed by atoms with Gasteiger partial charge < -0.3 is 9.67 Å². The minimum absolute atomic E-state index is 0.0486. The highest BCUT2D eigenvalue weighted by Crippen LogP contribution is 2.23. The average Bonchev–Trinajstić information content (AvgIpc) is 2.81. The molecule has 0 fully saturated rings. The van der Waals surface area contributed by atoms with E-state index in [1.807, 2.05) is 0 Å². The number of aromatic nitrogens is 3. The van der Waals surface area contributed by atoms with E-state index in [0.29, 0.717) is 15.9 Å². The number of sulfonamides is 1. The smallest absolute Gasteiger partial charge is 0.242 e. The Bertz CT molecular complexity index is 714.